The summed E-state index contributed by atoms with van der Waals surface area (Å²) in [6.45, 7) is 18.2. The van der Waals surface area contributed by atoms with Crippen LogP contribution in [0.3, 0.4) is 0 Å². The van der Waals surface area contributed by atoms with Gasteiger partial charge < -0.3 is 9.47 Å². The molecular weight excluding hydrogens is 435 g/mol. The summed E-state index contributed by atoms with van der Waals surface area (Å²) in [4.78, 5) is 34.0. The predicted octanol–water partition coefficient (Wildman–Crippen LogP) is 6.66. The molecule has 0 aliphatic heterocycles. The van der Waals surface area contributed by atoms with Crippen LogP contribution in [0.2, 0.25) is 0 Å². The van der Waals surface area contributed by atoms with E-state index in [0.29, 0.717) is 37.1 Å². The number of carbonyl (C=O) groups excluding carboxylic acids is 2. The number of allylic oxidation sites excluding steroid dienone is 1. The summed E-state index contributed by atoms with van der Waals surface area (Å²) < 4.78 is 24.4. The summed E-state index contributed by atoms with van der Waals surface area (Å²) in [5, 5.41) is 0. The first kappa shape index (κ1) is 29.9. The van der Waals surface area contributed by atoms with Gasteiger partial charge in [-0.2, -0.15) is 0 Å². The molecule has 0 aliphatic carbocycles. The van der Waals surface area contributed by atoms with E-state index in [1.807, 2.05) is 13.0 Å². The number of unbranched alkanes of at least 4 members (excludes halogenated alkanes) is 1. The molecule has 0 saturated carbocycles. The zero-order valence-electron chi connectivity index (χ0n) is 22.7. The third-order valence-corrected chi connectivity index (χ3v) is 5.38. The molecule has 0 N–H and O–H groups in total. The van der Waals surface area contributed by atoms with Crippen molar-refractivity contribution in [1.29, 1.82) is 0 Å². The zero-order valence-corrected chi connectivity index (χ0v) is 22.7. The van der Waals surface area contributed by atoms with Crippen LogP contribution in [0.4, 0.5) is 4.39 Å². The number of alkyl halides is 1. The molecular formula is C27H43FN2O4. The van der Waals surface area contributed by atoms with Crippen LogP contribution in [0.5, 0.6) is 0 Å². The molecule has 0 radical (unpaired) electrons. The number of carbonyl (C=O) groups is 2. The van der Waals surface area contributed by atoms with Crippen LogP contribution >= 0.6 is 0 Å². The van der Waals surface area contributed by atoms with E-state index in [2.05, 4.69) is 37.7 Å². The summed E-state index contributed by atoms with van der Waals surface area (Å²) in [5.74, 6) is -2.93. The van der Waals surface area contributed by atoms with Crippen molar-refractivity contribution >= 4 is 17.8 Å². The molecule has 1 heterocycles. The minimum Gasteiger partial charge on any atom is -0.460 e. The monoisotopic (exact) mass is 478 g/mol. The van der Waals surface area contributed by atoms with Gasteiger partial charge in [0.1, 0.15) is 11.3 Å². The number of ether oxygens (including phenoxy) is 2. The van der Waals surface area contributed by atoms with Crippen molar-refractivity contribution in [3.63, 3.8) is 0 Å². The highest BCUT2D eigenvalue weighted by molar-refractivity contribution is 5.94. The van der Waals surface area contributed by atoms with E-state index in [4.69, 9.17) is 9.47 Å². The molecule has 192 valence electrons. The normalized spacial score (nSPS) is 14.1. The standard InChI is InChI=1S/C27H43FN2O4/c1-18(25(3,4)5)15-21-19(2)30-22(16-29-21)23(31)14-12-11-13-20(17-33-27(9,10)28)24(32)34-26(6,7)8/h15-16,20H,11-14,17H2,1-10H3/b18-15+/t20-/m1/s1. The van der Waals surface area contributed by atoms with Gasteiger partial charge in [-0.3, -0.25) is 14.6 Å². The average Bonchev–Trinajstić information content (AvgIpc) is 2.65. The Morgan fingerprint density at radius 1 is 1.09 bits per heavy atom. The van der Waals surface area contributed by atoms with Gasteiger partial charge in [-0.25, -0.2) is 9.37 Å². The highest BCUT2D eigenvalue weighted by Gasteiger charge is 2.28. The molecule has 0 bridgehead atoms. The molecule has 0 amide bonds. The SMILES string of the molecule is C/C(=C\c1ncc(C(=O)CCCC[C@H](COC(C)(C)F)C(=O)OC(C)(C)C)nc1C)C(C)(C)C. The van der Waals surface area contributed by atoms with Crippen molar-refractivity contribution in [3.05, 3.63) is 28.9 Å². The van der Waals surface area contributed by atoms with E-state index < -0.39 is 23.3 Å². The zero-order chi connectivity index (χ0) is 26.3. The van der Waals surface area contributed by atoms with E-state index in [-0.39, 0.29) is 17.8 Å². The number of aryl methyl sites for hydroxylation is 1. The first-order valence-corrected chi connectivity index (χ1v) is 12.0. The van der Waals surface area contributed by atoms with Gasteiger partial charge in [-0.05, 0) is 72.8 Å². The van der Waals surface area contributed by atoms with Gasteiger partial charge in [0.05, 0.1) is 30.1 Å². The fourth-order valence-electron chi connectivity index (χ4n) is 2.95. The topological polar surface area (TPSA) is 78.4 Å². The van der Waals surface area contributed by atoms with Gasteiger partial charge >= 0.3 is 5.97 Å². The number of halogens is 1. The predicted molar refractivity (Wildman–Crippen MR) is 133 cm³/mol. The molecule has 34 heavy (non-hydrogen) atoms. The molecule has 0 unspecified atom stereocenters. The average molecular weight is 479 g/mol. The van der Waals surface area contributed by atoms with Crippen LogP contribution < -0.4 is 0 Å². The Hall–Kier alpha value is -2.15. The van der Waals surface area contributed by atoms with Crippen molar-refractivity contribution in [3.8, 4) is 0 Å². The van der Waals surface area contributed by atoms with E-state index in [1.54, 1.807) is 20.8 Å². The summed E-state index contributed by atoms with van der Waals surface area (Å²) in [6, 6.07) is 0. The molecule has 0 aromatic carbocycles. The van der Waals surface area contributed by atoms with Gasteiger partial charge in [0.2, 0.25) is 5.85 Å². The molecule has 1 atom stereocenters. The van der Waals surface area contributed by atoms with Crippen molar-refractivity contribution in [2.75, 3.05) is 6.61 Å². The van der Waals surface area contributed by atoms with Crippen LogP contribution in [-0.2, 0) is 14.3 Å². The Morgan fingerprint density at radius 2 is 1.71 bits per heavy atom. The molecule has 6 nitrogen and oxygen atoms in total. The molecule has 1 aromatic rings. The summed E-state index contributed by atoms with van der Waals surface area (Å²) in [6.07, 6.45) is 5.44. The number of rotatable bonds is 11. The maximum Gasteiger partial charge on any atom is 0.311 e. The number of hydrogen-bond acceptors (Lipinski definition) is 6. The van der Waals surface area contributed by atoms with Gasteiger partial charge in [0, 0.05) is 6.42 Å². The highest BCUT2D eigenvalue weighted by atomic mass is 19.2. The van der Waals surface area contributed by atoms with Crippen LogP contribution in [0, 0.1) is 18.3 Å². The lowest BCUT2D eigenvalue weighted by molar-refractivity contribution is -0.171. The lowest BCUT2D eigenvalue weighted by Crippen LogP contribution is -2.33. The lowest BCUT2D eigenvalue weighted by atomic mass is 9.87. The Labute approximate surface area is 204 Å². The first-order chi connectivity index (χ1) is 15.4. The molecule has 1 rings (SSSR count). The second-order valence-electron chi connectivity index (χ2n) is 11.4. The molecule has 0 saturated heterocycles. The van der Waals surface area contributed by atoms with Gasteiger partial charge in [-0.15, -0.1) is 0 Å². The fourth-order valence-corrected chi connectivity index (χ4v) is 2.95. The Balaban J connectivity index is 2.71. The molecule has 0 spiro atoms. The second kappa shape index (κ2) is 12.0. The highest BCUT2D eigenvalue weighted by Crippen LogP contribution is 2.26. The van der Waals surface area contributed by atoms with Crippen molar-refractivity contribution < 1.29 is 23.5 Å². The minimum absolute atomic E-state index is 0.0325. The van der Waals surface area contributed by atoms with Crippen LogP contribution in [-0.4, -0.2) is 39.8 Å². The maximum absolute atomic E-state index is 13.8. The molecule has 1 aromatic heterocycles. The Morgan fingerprint density at radius 3 is 2.21 bits per heavy atom. The lowest BCUT2D eigenvalue weighted by Gasteiger charge is -2.25. The Kier molecular flexibility index (Phi) is 10.6. The van der Waals surface area contributed by atoms with Crippen molar-refractivity contribution in [2.45, 2.75) is 106 Å². The number of aromatic nitrogens is 2. The molecule has 0 fully saturated rings. The van der Waals surface area contributed by atoms with Gasteiger partial charge in [0.15, 0.2) is 5.78 Å². The van der Waals surface area contributed by atoms with Gasteiger partial charge in [0.25, 0.3) is 0 Å². The van der Waals surface area contributed by atoms with Crippen molar-refractivity contribution in [1.82, 2.24) is 9.97 Å². The van der Waals surface area contributed by atoms with Crippen LogP contribution in [0.15, 0.2) is 11.8 Å². The maximum atomic E-state index is 13.8. The number of ketones is 1. The van der Waals surface area contributed by atoms with Crippen LogP contribution in [0.25, 0.3) is 6.08 Å². The fraction of sp³-hybridized carbons (Fsp3) is 0.704. The van der Waals surface area contributed by atoms with E-state index in [9.17, 15) is 14.0 Å². The van der Waals surface area contributed by atoms with E-state index in [0.717, 1.165) is 5.69 Å². The second-order valence-corrected chi connectivity index (χ2v) is 11.4. The summed E-state index contributed by atoms with van der Waals surface area (Å²) >= 11 is 0. The minimum atomic E-state index is -1.83. The number of hydrogen-bond donors (Lipinski definition) is 0. The van der Waals surface area contributed by atoms with Crippen molar-refractivity contribution in [2.24, 2.45) is 11.3 Å². The number of nitrogens with zero attached hydrogens (tertiary/aromatic N) is 2. The van der Waals surface area contributed by atoms with Crippen LogP contribution in [0.1, 0.15) is 110 Å². The Bertz CT molecular complexity index is 874. The third-order valence-electron chi connectivity index (χ3n) is 5.38. The quantitative estimate of drug-likeness (QED) is 0.201. The van der Waals surface area contributed by atoms with E-state index in [1.165, 1.54) is 25.6 Å². The third kappa shape index (κ3) is 11.3. The van der Waals surface area contributed by atoms with E-state index >= 15 is 0 Å². The first-order valence-electron chi connectivity index (χ1n) is 12.0. The largest absolute Gasteiger partial charge is 0.460 e. The molecule has 7 heteroatoms. The number of esters is 1. The summed E-state index contributed by atoms with van der Waals surface area (Å²) in [5.41, 5.74) is 2.40. The number of Topliss-reactive ketones (excluding diaryl/α,β-unsaturated/α-hetero) is 1. The van der Waals surface area contributed by atoms with Gasteiger partial charge in [-0.1, -0.05) is 32.8 Å². The smallest absolute Gasteiger partial charge is 0.311 e. The molecule has 0 aliphatic rings. The summed E-state index contributed by atoms with van der Waals surface area (Å²) in [7, 11) is 0.